The molecule has 1 unspecified atom stereocenters. The van der Waals surface area contributed by atoms with E-state index in [-0.39, 0.29) is 16.0 Å². The second kappa shape index (κ2) is 4.45. The fourth-order valence-corrected chi connectivity index (χ4v) is 3.08. The second-order valence-corrected chi connectivity index (χ2v) is 5.53. The first-order valence-electron chi connectivity index (χ1n) is 6.54. The van der Waals surface area contributed by atoms with Gasteiger partial charge in [-0.15, -0.1) is 0 Å². The van der Waals surface area contributed by atoms with Gasteiger partial charge in [-0.1, -0.05) is 0 Å². The lowest BCUT2D eigenvalue weighted by molar-refractivity contribution is -0.384. The van der Waals surface area contributed by atoms with Crippen LogP contribution in [0.15, 0.2) is 12.3 Å². The molecule has 19 heavy (non-hydrogen) atoms. The molecule has 0 amide bonds. The first-order valence-corrected chi connectivity index (χ1v) is 6.54. The largest absolute Gasteiger partial charge is 0.381 e. The Morgan fingerprint density at radius 1 is 1.53 bits per heavy atom. The number of aromatic nitrogens is 1. The van der Waals surface area contributed by atoms with Crippen LogP contribution in [0.5, 0.6) is 0 Å². The zero-order chi connectivity index (χ0) is 13.5. The van der Waals surface area contributed by atoms with Gasteiger partial charge in [0, 0.05) is 36.9 Å². The molecule has 2 saturated heterocycles. The molecule has 2 aliphatic rings. The first kappa shape index (κ1) is 12.3. The quantitative estimate of drug-likeness (QED) is 0.602. The molecule has 1 atom stereocenters. The average Bonchev–Trinajstić information content (AvgIpc) is 2.99. The minimum Gasteiger partial charge on any atom is -0.381 e. The molecule has 1 aromatic rings. The van der Waals surface area contributed by atoms with Crippen molar-refractivity contribution < 1.29 is 9.66 Å². The molecule has 3 rings (SSSR count). The number of hydrogen-bond donors (Lipinski definition) is 0. The summed E-state index contributed by atoms with van der Waals surface area (Å²) in [6, 6.07) is 1.69. The summed E-state index contributed by atoms with van der Waals surface area (Å²) in [5, 5.41) is 11.2. The molecule has 6 nitrogen and oxygen atoms in total. The van der Waals surface area contributed by atoms with Crippen LogP contribution in [0.4, 0.5) is 11.5 Å². The third-order valence-electron chi connectivity index (χ3n) is 4.21. The van der Waals surface area contributed by atoms with Gasteiger partial charge in [-0.3, -0.25) is 10.1 Å². The van der Waals surface area contributed by atoms with Crippen LogP contribution in [0.3, 0.4) is 0 Å². The molecular weight excluding hydrogens is 246 g/mol. The molecule has 0 radical (unpaired) electrons. The summed E-state index contributed by atoms with van der Waals surface area (Å²) in [7, 11) is 0. The van der Waals surface area contributed by atoms with Crippen molar-refractivity contribution in [1.82, 2.24) is 4.98 Å². The number of anilines is 1. The highest BCUT2D eigenvalue weighted by Crippen LogP contribution is 2.41. The maximum absolute atomic E-state index is 11.2. The van der Waals surface area contributed by atoms with Crippen molar-refractivity contribution in [2.75, 3.05) is 31.2 Å². The highest BCUT2D eigenvalue weighted by atomic mass is 16.6. The van der Waals surface area contributed by atoms with Gasteiger partial charge >= 0.3 is 5.69 Å². The molecule has 2 fully saturated rings. The minimum absolute atomic E-state index is 0.137. The first-order chi connectivity index (χ1) is 9.11. The van der Waals surface area contributed by atoms with E-state index in [0.717, 1.165) is 39.1 Å². The van der Waals surface area contributed by atoms with Crippen LogP contribution in [0, 0.1) is 22.5 Å². The maximum Gasteiger partial charge on any atom is 0.314 e. The molecular formula is C13H17N3O3. The lowest BCUT2D eigenvalue weighted by Crippen LogP contribution is -2.28. The smallest absolute Gasteiger partial charge is 0.314 e. The zero-order valence-electron chi connectivity index (χ0n) is 11.0. The number of pyridine rings is 1. The number of hydrogen-bond acceptors (Lipinski definition) is 5. The highest BCUT2D eigenvalue weighted by molar-refractivity contribution is 5.62. The molecule has 1 aromatic heterocycles. The highest BCUT2D eigenvalue weighted by Gasteiger charge is 2.43. The predicted octanol–water partition coefficient (Wildman–Crippen LogP) is 1.92. The van der Waals surface area contributed by atoms with E-state index in [0.29, 0.717) is 11.4 Å². The van der Waals surface area contributed by atoms with Crippen LogP contribution >= 0.6 is 0 Å². The average molecular weight is 263 g/mol. The van der Waals surface area contributed by atoms with Crippen LogP contribution in [0.25, 0.3) is 0 Å². The lowest BCUT2D eigenvalue weighted by Gasteiger charge is -2.22. The predicted molar refractivity (Wildman–Crippen MR) is 70.3 cm³/mol. The van der Waals surface area contributed by atoms with Gasteiger partial charge in [0.15, 0.2) is 0 Å². The van der Waals surface area contributed by atoms with Crippen molar-refractivity contribution in [3.05, 3.63) is 27.9 Å². The molecule has 0 N–H and O–H groups in total. The summed E-state index contributed by atoms with van der Waals surface area (Å²) in [4.78, 5) is 17.2. The SMILES string of the molecule is Cc1ccnc(N2CCC3(CCOC3)C2)c1[N+](=O)[O-]. The summed E-state index contributed by atoms with van der Waals surface area (Å²) in [5.74, 6) is 0.508. The Labute approximate surface area is 111 Å². The molecule has 0 bridgehead atoms. The minimum atomic E-state index is -0.326. The van der Waals surface area contributed by atoms with Crippen LogP contribution in [0.1, 0.15) is 18.4 Å². The Morgan fingerprint density at radius 3 is 3.05 bits per heavy atom. The van der Waals surface area contributed by atoms with Gasteiger partial charge in [0.25, 0.3) is 0 Å². The molecule has 2 aliphatic heterocycles. The van der Waals surface area contributed by atoms with E-state index in [2.05, 4.69) is 4.98 Å². The number of rotatable bonds is 2. The van der Waals surface area contributed by atoms with Crippen molar-refractivity contribution in [2.24, 2.45) is 5.41 Å². The van der Waals surface area contributed by atoms with Crippen LogP contribution in [0.2, 0.25) is 0 Å². The third-order valence-corrected chi connectivity index (χ3v) is 4.21. The summed E-state index contributed by atoms with van der Waals surface area (Å²) >= 11 is 0. The number of ether oxygens (including phenoxy) is 1. The van der Waals surface area contributed by atoms with E-state index in [1.54, 1.807) is 19.2 Å². The van der Waals surface area contributed by atoms with Crippen molar-refractivity contribution in [2.45, 2.75) is 19.8 Å². The molecule has 0 aliphatic carbocycles. The Balaban J connectivity index is 1.91. The van der Waals surface area contributed by atoms with E-state index < -0.39 is 0 Å². The zero-order valence-corrected chi connectivity index (χ0v) is 11.0. The van der Waals surface area contributed by atoms with Crippen LogP contribution in [-0.4, -0.2) is 36.2 Å². The van der Waals surface area contributed by atoms with E-state index >= 15 is 0 Å². The van der Waals surface area contributed by atoms with Crippen molar-refractivity contribution in [1.29, 1.82) is 0 Å². The number of nitro groups is 1. The maximum atomic E-state index is 11.2. The van der Waals surface area contributed by atoms with Gasteiger partial charge in [0.05, 0.1) is 11.5 Å². The molecule has 6 heteroatoms. The Kier molecular flexibility index (Phi) is 2.89. The van der Waals surface area contributed by atoms with E-state index in [1.807, 2.05) is 4.90 Å². The Bertz CT molecular complexity index is 512. The summed E-state index contributed by atoms with van der Waals surface area (Å²) in [5.41, 5.74) is 0.983. The summed E-state index contributed by atoms with van der Waals surface area (Å²) in [6.45, 7) is 4.96. The number of nitrogens with zero attached hydrogens (tertiary/aromatic N) is 3. The summed E-state index contributed by atoms with van der Waals surface area (Å²) in [6.07, 6.45) is 3.72. The molecule has 0 aromatic carbocycles. The van der Waals surface area contributed by atoms with Crippen LogP contribution in [-0.2, 0) is 4.74 Å². The van der Waals surface area contributed by atoms with Gasteiger partial charge in [0.1, 0.15) is 0 Å². The van der Waals surface area contributed by atoms with Crippen LogP contribution < -0.4 is 4.90 Å². The topological polar surface area (TPSA) is 68.5 Å². The second-order valence-electron chi connectivity index (χ2n) is 5.53. The molecule has 3 heterocycles. The summed E-state index contributed by atoms with van der Waals surface area (Å²) < 4.78 is 5.49. The van der Waals surface area contributed by atoms with E-state index in [1.165, 1.54) is 0 Å². The normalized spacial score (nSPS) is 26.3. The lowest BCUT2D eigenvalue weighted by atomic mass is 9.87. The van der Waals surface area contributed by atoms with Crippen molar-refractivity contribution in [3.63, 3.8) is 0 Å². The fraction of sp³-hybridized carbons (Fsp3) is 0.615. The van der Waals surface area contributed by atoms with Crippen molar-refractivity contribution >= 4 is 11.5 Å². The fourth-order valence-electron chi connectivity index (χ4n) is 3.08. The monoisotopic (exact) mass is 263 g/mol. The Hall–Kier alpha value is -1.69. The van der Waals surface area contributed by atoms with Gasteiger partial charge < -0.3 is 9.64 Å². The van der Waals surface area contributed by atoms with Gasteiger partial charge in [-0.05, 0) is 25.8 Å². The van der Waals surface area contributed by atoms with Crippen molar-refractivity contribution in [3.8, 4) is 0 Å². The number of aryl methyl sites for hydroxylation is 1. The van der Waals surface area contributed by atoms with Gasteiger partial charge in [-0.25, -0.2) is 4.98 Å². The van der Waals surface area contributed by atoms with E-state index in [4.69, 9.17) is 4.74 Å². The van der Waals surface area contributed by atoms with Gasteiger partial charge in [-0.2, -0.15) is 0 Å². The molecule has 1 spiro atoms. The van der Waals surface area contributed by atoms with Gasteiger partial charge in [0.2, 0.25) is 5.82 Å². The Morgan fingerprint density at radius 2 is 2.37 bits per heavy atom. The standard InChI is InChI=1S/C13H17N3O3/c1-10-2-5-14-12(11(10)16(17)18)15-6-3-13(8-15)4-7-19-9-13/h2,5H,3-4,6-9H2,1H3. The third kappa shape index (κ3) is 2.06. The van der Waals surface area contributed by atoms with E-state index in [9.17, 15) is 10.1 Å². The molecule has 0 saturated carbocycles. The molecule has 102 valence electrons.